The van der Waals surface area contributed by atoms with Crippen LogP contribution in [-0.2, 0) is 6.54 Å². The van der Waals surface area contributed by atoms with Gasteiger partial charge in [-0.05, 0) is 23.8 Å². The Morgan fingerprint density at radius 2 is 1.90 bits per heavy atom. The first kappa shape index (κ1) is 13.5. The molecule has 7 nitrogen and oxygen atoms in total. The highest BCUT2D eigenvalue weighted by Crippen LogP contribution is 2.22. The minimum absolute atomic E-state index is 0.147. The lowest BCUT2D eigenvalue weighted by Crippen LogP contribution is -2.28. The Morgan fingerprint density at radius 1 is 1.20 bits per heavy atom. The molecule has 7 heteroatoms. The molecule has 2 rings (SSSR count). The van der Waals surface area contributed by atoms with Crippen molar-refractivity contribution in [3.8, 4) is 0 Å². The summed E-state index contributed by atoms with van der Waals surface area (Å²) in [5, 5.41) is 15.9. The number of carbonyl (C=O) groups excluding carboxylic acids is 1. The lowest BCUT2D eigenvalue weighted by atomic mass is 10.2. The van der Waals surface area contributed by atoms with Crippen LogP contribution in [-0.4, -0.2) is 15.9 Å². The number of nitrogens with one attached hydrogen (secondary N) is 2. The number of nitrogens with zero attached hydrogens (tertiary/aromatic N) is 2. The number of rotatable bonds is 4. The zero-order valence-corrected chi connectivity index (χ0v) is 10.4. The van der Waals surface area contributed by atoms with Crippen molar-refractivity contribution in [2.45, 2.75) is 6.54 Å². The monoisotopic (exact) mass is 272 g/mol. The van der Waals surface area contributed by atoms with Crippen LogP contribution in [0.15, 0.2) is 48.8 Å². The first-order valence-corrected chi connectivity index (χ1v) is 5.84. The molecule has 1 heterocycles. The highest BCUT2D eigenvalue weighted by Gasteiger charge is 2.14. The van der Waals surface area contributed by atoms with E-state index in [2.05, 4.69) is 15.6 Å². The average Bonchev–Trinajstić information content (AvgIpc) is 2.46. The predicted molar refractivity (Wildman–Crippen MR) is 73.2 cm³/mol. The Labute approximate surface area is 114 Å². The number of hydrogen-bond acceptors (Lipinski definition) is 4. The summed E-state index contributed by atoms with van der Waals surface area (Å²) in [5.74, 6) is 0. The Balaban J connectivity index is 1.97. The third kappa shape index (κ3) is 3.52. The van der Waals surface area contributed by atoms with Gasteiger partial charge in [-0.2, -0.15) is 0 Å². The fourth-order valence-corrected chi connectivity index (χ4v) is 1.59. The Kier molecular flexibility index (Phi) is 4.23. The van der Waals surface area contributed by atoms with Gasteiger partial charge >= 0.3 is 6.03 Å². The minimum Gasteiger partial charge on any atom is -0.334 e. The van der Waals surface area contributed by atoms with Crippen molar-refractivity contribution in [3.63, 3.8) is 0 Å². The van der Waals surface area contributed by atoms with Crippen LogP contribution < -0.4 is 10.6 Å². The van der Waals surface area contributed by atoms with E-state index in [0.29, 0.717) is 6.54 Å². The molecular formula is C13H12N4O3. The number of hydrogen-bond donors (Lipinski definition) is 2. The van der Waals surface area contributed by atoms with Crippen molar-refractivity contribution in [2.24, 2.45) is 0 Å². The third-order valence-electron chi connectivity index (χ3n) is 2.55. The molecule has 1 aromatic heterocycles. The van der Waals surface area contributed by atoms with Crippen molar-refractivity contribution in [3.05, 3.63) is 64.5 Å². The lowest BCUT2D eigenvalue weighted by Gasteiger charge is -2.07. The zero-order valence-electron chi connectivity index (χ0n) is 10.4. The number of carbonyl (C=O) groups is 1. The summed E-state index contributed by atoms with van der Waals surface area (Å²) in [7, 11) is 0. The number of anilines is 1. The van der Waals surface area contributed by atoms with Gasteiger partial charge in [-0.15, -0.1) is 0 Å². The first-order chi connectivity index (χ1) is 9.66. The second-order valence-corrected chi connectivity index (χ2v) is 3.94. The molecule has 0 saturated heterocycles. The molecule has 0 atom stereocenters. The lowest BCUT2D eigenvalue weighted by molar-refractivity contribution is -0.383. The van der Waals surface area contributed by atoms with E-state index in [1.165, 1.54) is 18.2 Å². The molecule has 0 fully saturated rings. The number of nitro benzene ring substituents is 1. The van der Waals surface area contributed by atoms with Crippen molar-refractivity contribution in [2.75, 3.05) is 5.32 Å². The molecule has 0 unspecified atom stereocenters. The average molecular weight is 272 g/mol. The molecule has 0 aliphatic rings. The number of para-hydroxylation sites is 2. The number of amides is 2. The van der Waals surface area contributed by atoms with Gasteiger partial charge in [0, 0.05) is 25.0 Å². The van der Waals surface area contributed by atoms with Gasteiger partial charge in [0.05, 0.1) is 4.92 Å². The fourth-order valence-electron chi connectivity index (χ4n) is 1.59. The van der Waals surface area contributed by atoms with Crippen molar-refractivity contribution in [1.29, 1.82) is 0 Å². The Hall–Kier alpha value is -2.96. The maximum atomic E-state index is 11.7. The molecule has 0 aliphatic carbocycles. The van der Waals surface area contributed by atoms with Gasteiger partial charge in [-0.25, -0.2) is 4.79 Å². The minimum atomic E-state index is -0.543. The van der Waals surface area contributed by atoms with E-state index in [4.69, 9.17) is 0 Å². The molecular weight excluding hydrogens is 260 g/mol. The van der Waals surface area contributed by atoms with Crippen molar-refractivity contribution in [1.82, 2.24) is 10.3 Å². The summed E-state index contributed by atoms with van der Waals surface area (Å²) in [6.45, 7) is 0.314. The topological polar surface area (TPSA) is 97.2 Å². The molecule has 0 radical (unpaired) electrons. The van der Waals surface area contributed by atoms with E-state index < -0.39 is 11.0 Å². The highest BCUT2D eigenvalue weighted by molar-refractivity contribution is 5.91. The van der Waals surface area contributed by atoms with E-state index in [-0.39, 0.29) is 11.4 Å². The predicted octanol–water partition coefficient (Wildman–Crippen LogP) is 2.31. The van der Waals surface area contributed by atoms with Gasteiger partial charge in [-0.3, -0.25) is 15.1 Å². The van der Waals surface area contributed by atoms with Crippen LogP contribution in [0.5, 0.6) is 0 Å². The summed E-state index contributed by atoms with van der Waals surface area (Å²) >= 11 is 0. The van der Waals surface area contributed by atoms with E-state index in [0.717, 1.165) is 5.56 Å². The standard InChI is InChI=1S/C13H12N4O3/c18-13(15-9-10-5-7-14-8-6-10)16-11-3-1-2-4-12(11)17(19)20/h1-8H,9H2,(H2,15,16,18). The molecule has 20 heavy (non-hydrogen) atoms. The number of benzene rings is 1. The van der Waals surface area contributed by atoms with E-state index in [9.17, 15) is 14.9 Å². The summed E-state index contributed by atoms with van der Waals surface area (Å²) in [6.07, 6.45) is 3.24. The SMILES string of the molecule is O=C(NCc1ccncc1)Nc1ccccc1[N+](=O)[O-]. The van der Waals surface area contributed by atoms with Crippen LogP contribution >= 0.6 is 0 Å². The fraction of sp³-hybridized carbons (Fsp3) is 0.0769. The molecule has 0 saturated carbocycles. The van der Waals surface area contributed by atoms with E-state index in [1.807, 2.05) is 0 Å². The van der Waals surface area contributed by atoms with Crippen LogP contribution in [0, 0.1) is 10.1 Å². The largest absolute Gasteiger partial charge is 0.334 e. The second-order valence-electron chi connectivity index (χ2n) is 3.94. The van der Waals surface area contributed by atoms with Gasteiger partial charge in [0.15, 0.2) is 0 Å². The van der Waals surface area contributed by atoms with Crippen molar-refractivity contribution < 1.29 is 9.72 Å². The Morgan fingerprint density at radius 3 is 2.60 bits per heavy atom. The van der Waals surface area contributed by atoms with E-state index in [1.54, 1.807) is 30.6 Å². The maximum Gasteiger partial charge on any atom is 0.319 e. The summed E-state index contributed by atoms with van der Waals surface area (Å²) < 4.78 is 0. The Bertz CT molecular complexity index is 616. The van der Waals surface area contributed by atoms with Crippen LogP contribution in [0.2, 0.25) is 0 Å². The summed E-state index contributed by atoms with van der Waals surface area (Å²) in [5.41, 5.74) is 0.897. The van der Waals surface area contributed by atoms with Crippen molar-refractivity contribution >= 4 is 17.4 Å². The molecule has 2 aromatic rings. The molecule has 0 aliphatic heterocycles. The quantitative estimate of drug-likeness (QED) is 0.659. The van der Waals surface area contributed by atoms with E-state index >= 15 is 0 Å². The molecule has 2 N–H and O–H groups in total. The van der Waals surface area contributed by atoms with Gasteiger partial charge in [0.1, 0.15) is 5.69 Å². The summed E-state index contributed by atoms with van der Waals surface area (Å²) in [6, 6.07) is 9.00. The van der Waals surface area contributed by atoms with Crippen LogP contribution in [0.4, 0.5) is 16.2 Å². The highest BCUT2D eigenvalue weighted by atomic mass is 16.6. The smallest absolute Gasteiger partial charge is 0.319 e. The number of pyridine rings is 1. The third-order valence-corrected chi connectivity index (χ3v) is 2.55. The zero-order chi connectivity index (χ0) is 14.4. The van der Waals surface area contributed by atoms with Gasteiger partial charge in [-0.1, -0.05) is 12.1 Å². The second kappa shape index (κ2) is 6.28. The molecule has 2 amide bonds. The van der Waals surface area contributed by atoms with Crippen LogP contribution in [0.3, 0.4) is 0 Å². The van der Waals surface area contributed by atoms with Crippen LogP contribution in [0.25, 0.3) is 0 Å². The van der Waals surface area contributed by atoms with Gasteiger partial charge in [0.25, 0.3) is 5.69 Å². The van der Waals surface area contributed by atoms with Gasteiger partial charge in [0.2, 0.25) is 0 Å². The molecule has 0 spiro atoms. The van der Waals surface area contributed by atoms with Crippen LogP contribution in [0.1, 0.15) is 5.56 Å². The van der Waals surface area contributed by atoms with Gasteiger partial charge < -0.3 is 10.6 Å². The normalized spacial score (nSPS) is 9.80. The summed E-state index contributed by atoms with van der Waals surface area (Å²) in [4.78, 5) is 25.8. The molecule has 0 bridgehead atoms. The first-order valence-electron chi connectivity index (χ1n) is 5.84. The number of aromatic nitrogens is 1. The number of urea groups is 1. The maximum absolute atomic E-state index is 11.7. The molecule has 1 aromatic carbocycles. The molecule has 102 valence electrons. The number of nitro groups is 1.